The largest absolute Gasteiger partial charge is 0.373 e. The topological polar surface area (TPSA) is 22.3 Å². The second kappa shape index (κ2) is 7.55. The van der Waals surface area contributed by atoms with E-state index in [2.05, 4.69) is 83.5 Å². The van der Waals surface area contributed by atoms with Crippen LogP contribution in [0.2, 0.25) is 0 Å². The highest BCUT2D eigenvalue weighted by atomic mass is 15.2. The molecular formula is C23H29N3. The Morgan fingerprint density at radius 2 is 1.77 bits per heavy atom. The number of likely N-dealkylation sites (N-methyl/N-ethyl adjacent to an activating group) is 1. The Labute approximate surface area is 156 Å². The Hall–Kier alpha value is -2.26. The van der Waals surface area contributed by atoms with Gasteiger partial charge in [0, 0.05) is 42.9 Å². The number of fused-ring (bicyclic) bond motifs is 1. The van der Waals surface area contributed by atoms with Gasteiger partial charge in [0.15, 0.2) is 0 Å². The van der Waals surface area contributed by atoms with Crippen LogP contribution in [0.25, 0.3) is 10.9 Å². The number of hydrogen-bond acceptors (Lipinski definition) is 2. The molecule has 26 heavy (non-hydrogen) atoms. The molecule has 2 aromatic carbocycles. The number of aromatic amines is 1. The van der Waals surface area contributed by atoms with E-state index < -0.39 is 0 Å². The molecule has 0 saturated carbocycles. The van der Waals surface area contributed by atoms with Crippen molar-refractivity contribution in [1.82, 2.24) is 9.88 Å². The summed E-state index contributed by atoms with van der Waals surface area (Å²) in [5, 5.41) is 1.41. The Morgan fingerprint density at radius 1 is 1.04 bits per heavy atom. The Bertz CT molecular complexity index is 859. The summed E-state index contributed by atoms with van der Waals surface area (Å²) < 4.78 is 0. The SMILES string of the molecule is Cc1ccccc1N(C)CCN1CCC(c2c[nH]c3ccccc23)CC1. The second-order valence-corrected chi connectivity index (χ2v) is 7.61. The standard InChI is InChI=1S/C23H29N3/c1-18-7-3-6-10-23(18)25(2)15-16-26-13-11-19(12-14-26)21-17-24-22-9-5-4-8-20(21)22/h3-10,17,19,24H,11-16H2,1-2H3. The van der Waals surface area contributed by atoms with Gasteiger partial charge < -0.3 is 14.8 Å². The van der Waals surface area contributed by atoms with Crippen molar-refractivity contribution in [1.29, 1.82) is 0 Å². The molecule has 0 aliphatic carbocycles. The lowest BCUT2D eigenvalue weighted by Gasteiger charge is -2.33. The molecule has 0 bridgehead atoms. The summed E-state index contributed by atoms with van der Waals surface area (Å²) in [4.78, 5) is 8.46. The van der Waals surface area contributed by atoms with Gasteiger partial charge in [0.25, 0.3) is 0 Å². The van der Waals surface area contributed by atoms with Crippen molar-refractivity contribution in [3.05, 3.63) is 65.9 Å². The van der Waals surface area contributed by atoms with E-state index in [4.69, 9.17) is 0 Å². The van der Waals surface area contributed by atoms with Crippen molar-refractivity contribution in [3.8, 4) is 0 Å². The maximum absolute atomic E-state index is 3.44. The molecule has 136 valence electrons. The van der Waals surface area contributed by atoms with Gasteiger partial charge in [0.1, 0.15) is 0 Å². The minimum absolute atomic E-state index is 0.691. The fourth-order valence-electron chi connectivity index (χ4n) is 4.30. The maximum atomic E-state index is 3.44. The first-order valence-corrected chi connectivity index (χ1v) is 9.77. The molecular weight excluding hydrogens is 318 g/mol. The third-order valence-electron chi connectivity index (χ3n) is 5.93. The van der Waals surface area contributed by atoms with Crippen LogP contribution in [-0.4, -0.2) is 43.1 Å². The third-order valence-corrected chi connectivity index (χ3v) is 5.93. The van der Waals surface area contributed by atoms with Crippen LogP contribution < -0.4 is 4.90 Å². The van der Waals surface area contributed by atoms with Gasteiger partial charge in [-0.25, -0.2) is 0 Å². The molecule has 1 N–H and O–H groups in total. The number of aromatic nitrogens is 1. The van der Waals surface area contributed by atoms with E-state index in [0.29, 0.717) is 5.92 Å². The molecule has 2 heterocycles. The van der Waals surface area contributed by atoms with Crippen molar-refractivity contribution >= 4 is 16.6 Å². The van der Waals surface area contributed by atoms with Crippen molar-refractivity contribution in [2.24, 2.45) is 0 Å². The third kappa shape index (κ3) is 3.49. The lowest BCUT2D eigenvalue weighted by atomic mass is 9.89. The number of hydrogen-bond donors (Lipinski definition) is 1. The summed E-state index contributed by atoms with van der Waals surface area (Å²) in [6.07, 6.45) is 4.75. The van der Waals surface area contributed by atoms with Crippen LogP contribution in [0.5, 0.6) is 0 Å². The molecule has 3 nitrogen and oxygen atoms in total. The van der Waals surface area contributed by atoms with E-state index in [9.17, 15) is 0 Å². The first-order valence-electron chi connectivity index (χ1n) is 9.77. The van der Waals surface area contributed by atoms with E-state index in [1.807, 2.05) is 0 Å². The van der Waals surface area contributed by atoms with Crippen LogP contribution in [-0.2, 0) is 0 Å². The van der Waals surface area contributed by atoms with Crippen LogP contribution in [0.3, 0.4) is 0 Å². The molecule has 3 heteroatoms. The highest BCUT2D eigenvalue weighted by Crippen LogP contribution is 2.33. The molecule has 0 amide bonds. The summed E-state index contributed by atoms with van der Waals surface area (Å²) in [5.74, 6) is 0.691. The van der Waals surface area contributed by atoms with E-state index >= 15 is 0 Å². The van der Waals surface area contributed by atoms with Gasteiger partial charge in [-0.15, -0.1) is 0 Å². The number of aryl methyl sites for hydroxylation is 1. The van der Waals surface area contributed by atoms with Crippen molar-refractivity contribution < 1.29 is 0 Å². The van der Waals surface area contributed by atoms with E-state index in [0.717, 1.165) is 13.1 Å². The Kier molecular flexibility index (Phi) is 4.98. The van der Waals surface area contributed by atoms with E-state index in [1.54, 1.807) is 0 Å². The van der Waals surface area contributed by atoms with Crippen molar-refractivity contribution in [2.75, 3.05) is 38.1 Å². The number of likely N-dealkylation sites (tertiary alicyclic amines) is 1. The molecule has 0 unspecified atom stereocenters. The molecule has 1 aliphatic rings. The molecule has 4 rings (SSSR count). The highest BCUT2D eigenvalue weighted by Gasteiger charge is 2.22. The van der Waals surface area contributed by atoms with Gasteiger partial charge in [-0.05, 0) is 62.0 Å². The summed E-state index contributed by atoms with van der Waals surface area (Å²) in [6.45, 7) is 6.82. The minimum atomic E-state index is 0.691. The van der Waals surface area contributed by atoms with Gasteiger partial charge in [0.2, 0.25) is 0 Å². The lowest BCUT2D eigenvalue weighted by Crippen LogP contribution is -2.38. The monoisotopic (exact) mass is 347 g/mol. The van der Waals surface area contributed by atoms with Gasteiger partial charge in [-0.3, -0.25) is 0 Å². The average molecular weight is 348 g/mol. The number of nitrogens with zero attached hydrogens (tertiary/aromatic N) is 2. The Balaban J connectivity index is 1.32. The van der Waals surface area contributed by atoms with Gasteiger partial charge in [-0.2, -0.15) is 0 Å². The summed E-state index contributed by atoms with van der Waals surface area (Å²) >= 11 is 0. The van der Waals surface area contributed by atoms with Crippen LogP contribution in [0.1, 0.15) is 29.9 Å². The zero-order chi connectivity index (χ0) is 17.9. The van der Waals surface area contributed by atoms with Crippen molar-refractivity contribution in [3.63, 3.8) is 0 Å². The zero-order valence-electron chi connectivity index (χ0n) is 15.9. The molecule has 1 fully saturated rings. The molecule has 1 aromatic heterocycles. The predicted octanol–water partition coefficient (Wildman–Crippen LogP) is 4.79. The maximum Gasteiger partial charge on any atom is 0.0456 e. The quantitative estimate of drug-likeness (QED) is 0.717. The molecule has 1 aliphatic heterocycles. The van der Waals surface area contributed by atoms with Crippen LogP contribution >= 0.6 is 0 Å². The zero-order valence-corrected chi connectivity index (χ0v) is 15.9. The molecule has 3 aromatic rings. The average Bonchev–Trinajstić information content (AvgIpc) is 3.11. The normalized spacial score (nSPS) is 16.2. The second-order valence-electron chi connectivity index (χ2n) is 7.61. The lowest BCUT2D eigenvalue weighted by molar-refractivity contribution is 0.217. The fraction of sp³-hybridized carbons (Fsp3) is 0.391. The number of benzene rings is 2. The molecule has 0 atom stereocenters. The smallest absolute Gasteiger partial charge is 0.0456 e. The molecule has 0 spiro atoms. The van der Waals surface area contributed by atoms with Crippen LogP contribution in [0, 0.1) is 6.92 Å². The van der Waals surface area contributed by atoms with Gasteiger partial charge in [0.05, 0.1) is 0 Å². The fourth-order valence-corrected chi connectivity index (χ4v) is 4.30. The highest BCUT2D eigenvalue weighted by molar-refractivity contribution is 5.83. The summed E-state index contributed by atoms with van der Waals surface area (Å²) in [6, 6.07) is 17.3. The Morgan fingerprint density at radius 3 is 2.58 bits per heavy atom. The van der Waals surface area contributed by atoms with Crippen LogP contribution in [0.15, 0.2) is 54.7 Å². The van der Waals surface area contributed by atoms with Gasteiger partial charge >= 0.3 is 0 Å². The van der Waals surface area contributed by atoms with E-state index in [1.165, 1.54) is 53.6 Å². The number of piperidine rings is 1. The summed E-state index contributed by atoms with van der Waals surface area (Å²) in [7, 11) is 2.21. The first kappa shape index (κ1) is 17.2. The number of para-hydroxylation sites is 2. The number of nitrogens with one attached hydrogen (secondary N) is 1. The molecule has 0 radical (unpaired) electrons. The summed E-state index contributed by atoms with van der Waals surface area (Å²) in [5.41, 5.74) is 5.48. The van der Waals surface area contributed by atoms with Crippen LogP contribution in [0.4, 0.5) is 5.69 Å². The predicted molar refractivity (Wildman–Crippen MR) is 111 cm³/mol. The molecule has 1 saturated heterocycles. The first-order chi connectivity index (χ1) is 12.7. The van der Waals surface area contributed by atoms with Crippen molar-refractivity contribution in [2.45, 2.75) is 25.7 Å². The number of anilines is 1. The number of rotatable bonds is 5. The van der Waals surface area contributed by atoms with E-state index in [-0.39, 0.29) is 0 Å². The minimum Gasteiger partial charge on any atom is -0.373 e. The van der Waals surface area contributed by atoms with Gasteiger partial charge in [-0.1, -0.05) is 36.4 Å². The number of H-pyrrole nitrogens is 1.